The van der Waals surface area contributed by atoms with E-state index in [1.165, 1.54) is 22.3 Å². The predicted octanol–water partition coefficient (Wildman–Crippen LogP) is 12.1. The van der Waals surface area contributed by atoms with E-state index in [9.17, 15) is 4.21 Å². The fourth-order valence-corrected chi connectivity index (χ4v) is 10.2. The van der Waals surface area contributed by atoms with Crippen LogP contribution in [0.2, 0.25) is 0 Å². The van der Waals surface area contributed by atoms with Gasteiger partial charge in [-0.05, 0) is 98.5 Å². The Morgan fingerprint density at radius 1 is 0.444 bits per heavy atom. The molecule has 0 unspecified atom stereocenters. The number of benzene rings is 4. The van der Waals surface area contributed by atoms with Crippen LogP contribution in [0.5, 0.6) is 0 Å². The van der Waals surface area contributed by atoms with E-state index in [0.717, 1.165) is 75.7 Å². The Hall–Kier alpha value is -5.41. The molecule has 4 aromatic heterocycles. The number of rotatable bonds is 10. The minimum atomic E-state index is -1.07. The Morgan fingerprint density at radius 2 is 0.796 bits per heavy atom. The number of pyridine rings is 2. The molecule has 5 nitrogen and oxygen atoms in total. The van der Waals surface area contributed by atoms with Crippen LogP contribution in [0.25, 0.3) is 64.5 Å². The third kappa shape index (κ3) is 7.92. The van der Waals surface area contributed by atoms with Crippen molar-refractivity contribution < 1.29 is 4.21 Å². The van der Waals surface area contributed by atoms with E-state index >= 15 is 0 Å². The van der Waals surface area contributed by atoms with E-state index in [-0.39, 0.29) is 0 Å². The maximum absolute atomic E-state index is 13.4. The summed E-state index contributed by atoms with van der Waals surface area (Å²) in [7, 11) is -1.07. The van der Waals surface area contributed by atoms with Gasteiger partial charge in [0.05, 0.1) is 21.1 Å². The van der Waals surface area contributed by atoms with E-state index in [2.05, 4.69) is 123 Å². The normalized spacial score (nSPS) is 11.4. The molecule has 8 aromatic rings. The van der Waals surface area contributed by atoms with Gasteiger partial charge in [-0.2, -0.15) is 0 Å². The fourth-order valence-electron chi connectivity index (χ4n) is 6.81. The molecule has 0 saturated heterocycles. The first-order chi connectivity index (χ1) is 26.3. The molecule has 4 heterocycles. The third-order valence-electron chi connectivity index (χ3n) is 9.19. The van der Waals surface area contributed by atoms with Gasteiger partial charge in [-0.1, -0.05) is 82.9 Å². The van der Waals surface area contributed by atoms with Crippen LogP contribution in [0.1, 0.15) is 33.4 Å². The summed E-state index contributed by atoms with van der Waals surface area (Å²) in [4.78, 5) is 21.0. The Balaban J connectivity index is 0.981. The Bertz CT molecular complexity index is 2370. The molecule has 0 aliphatic rings. The Morgan fingerprint density at radius 3 is 1.15 bits per heavy atom. The summed E-state index contributed by atoms with van der Waals surface area (Å²) >= 11 is 3.38. The summed E-state index contributed by atoms with van der Waals surface area (Å²) in [6.45, 7) is 8.49. The second-order valence-electron chi connectivity index (χ2n) is 13.7. The van der Waals surface area contributed by atoms with Gasteiger partial charge >= 0.3 is 0 Å². The van der Waals surface area contributed by atoms with Gasteiger partial charge in [0.1, 0.15) is 10.0 Å². The molecular formula is C46H38N4OS3. The standard InChI is InChI=1S/C46H38N4OS3/c1-29-21-30(2)24-39(23-29)41-43(35-13-17-47-18-14-35)52-45(49-41)37-9-5-33(6-10-37)27-54(51)28-34-7-11-38(12-8-34)46-50-42(40-25-31(3)22-32(4)26-40)44(53-46)36-15-19-48-20-16-36/h5-26H,27-28H2,1-4H3. The monoisotopic (exact) mass is 758 g/mol. The van der Waals surface area contributed by atoms with Crippen molar-refractivity contribution in [3.63, 3.8) is 0 Å². The van der Waals surface area contributed by atoms with Crippen LogP contribution < -0.4 is 0 Å². The lowest BCUT2D eigenvalue weighted by molar-refractivity contribution is 0.682. The number of nitrogens with zero attached hydrogens (tertiary/aromatic N) is 4. The van der Waals surface area contributed by atoms with Crippen molar-refractivity contribution in [3.8, 4) is 64.5 Å². The minimum Gasteiger partial charge on any atom is -0.265 e. The molecule has 54 heavy (non-hydrogen) atoms. The first-order valence-electron chi connectivity index (χ1n) is 17.8. The SMILES string of the molecule is Cc1cc(C)cc(-c2nc(-c3ccc(CS(=O)Cc4ccc(-c5nc(-c6cc(C)cc(C)c6)c(-c6ccncc6)s5)cc4)cc3)sc2-c2ccncc2)c1. The second-order valence-corrected chi connectivity index (χ2v) is 17.2. The van der Waals surface area contributed by atoms with E-state index < -0.39 is 10.8 Å². The molecular weight excluding hydrogens is 721 g/mol. The molecule has 0 aliphatic heterocycles. The molecule has 4 aromatic carbocycles. The quantitative estimate of drug-likeness (QED) is 0.139. The summed E-state index contributed by atoms with van der Waals surface area (Å²) in [5.41, 5.74) is 15.4. The summed E-state index contributed by atoms with van der Waals surface area (Å²) in [6.07, 6.45) is 7.31. The van der Waals surface area contributed by atoms with Crippen LogP contribution >= 0.6 is 22.7 Å². The van der Waals surface area contributed by atoms with Crippen LogP contribution in [0, 0.1) is 27.7 Å². The van der Waals surface area contributed by atoms with Gasteiger partial charge in [0.25, 0.3) is 0 Å². The van der Waals surface area contributed by atoms with Crippen molar-refractivity contribution >= 4 is 33.5 Å². The van der Waals surface area contributed by atoms with Crippen molar-refractivity contribution in [1.29, 1.82) is 0 Å². The topological polar surface area (TPSA) is 68.6 Å². The molecule has 8 rings (SSSR count). The number of aryl methyl sites for hydroxylation is 4. The van der Waals surface area contributed by atoms with E-state index in [0.29, 0.717) is 11.5 Å². The number of thiazole rings is 2. The van der Waals surface area contributed by atoms with Crippen LogP contribution in [-0.4, -0.2) is 24.1 Å². The van der Waals surface area contributed by atoms with E-state index in [1.807, 2.05) is 49.1 Å². The van der Waals surface area contributed by atoms with Crippen LogP contribution in [0.15, 0.2) is 134 Å². The fraction of sp³-hybridized carbons (Fsp3) is 0.130. The molecule has 266 valence electrons. The molecule has 8 heteroatoms. The lowest BCUT2D eigenvalue weighted by Crippen LogP contribution is -1.99. The van der Waals surface area contributed by atoms with Crippen LogP contribution in [-0.2, 0) is 22.3 Å². The summed E-state index contributed by atoms with van der Waals surface area (Å²) in [5.74, 6) is 0.966. The Kier molecular flexibility index (Phi) is 10.2. The maximum Gasteiger partial charge on any atom is 0.124 e. The summed E-state index contributed by atoms with van der Waals surface area (Å²) < 4.78 is 13.4. The highest BCUT2D eigenvalue weighted by Gasteiger charge is 2.19. The zero-order chi connectivity index (χ0) is 37.2. The first-order valence-corrected chi connectivity index (χ1v) is 20.9. The summed E-state index contributed by atoms with van der Waals surface area (Å²) in [6, 6.07) is 38.0. The summed E-state index contributed by atoms with van der Waals surface area (Å²) in [5, 5.41) is 1.91. The van der Waals surface area contributed by atoms with Gasteiger partial charge in [0, 0.05) is 69.3 Å². The van der Waals surface area contributed by atoms with Crippen molar-refractivity contribution in [3.05, 3.63) is 167 Å². The first kappa shape index (κ1) is 35.6. The highest BCUT2D eigenvalue weighted by Crippen LogP contribution is 2.42. The highest BCUT2D eigenvalue weighted by molar-refractivity contribution is 7.83. The van der Waals surface area contributed by atoms with Gasteiger partial charge in [0.2, 0.25) is 0 Å². The van der Waals surface area contributed by atoms with Gasteiger partial charge in [-0.3, -0.25) is 14.2 Å². The maximum atomic E-state index is 13.4. The number of aromatic nitrogens is 4. The molecule has 0 N–H and O–H groups in total. The van der Waals surface area contributed by atoms with Crippen molar-refractivity contribution in [2.75, 3.05) is 0 Å². The molecule has 0 atom stereocenters. The molecule has 0 fully saturated rings. The van der Waals surface area contributed by atoms with Gasteiger partial charge < -0.3 is 0 Å². The van der Waals surface area contributed by atoms with E-state index in [1.54, 1.807) is 22.7 Å². The molecule has 0 spiro atoms. The van der Waals surface area contributed by atoms with Gasteiger partial charge in [-0.15, -0.1) is 22.7 Å². The number of hydrogen-bond acceptors (Lipinski definition) is 7. The average molecular weight is 759 g/mol. The van der Waals surface area contributed by atoms with Gasteiger partial charge in [0.15, 0.2) is 0 Å². The molecule has 0 radical (unpaired) electrons. The smallest absolute Gasteiger partial charge is 0.124 e. The number of hydrogen-bond donors (Lipinski definition) is 0. The molecule has 0 saturated carbocycles. The van der Waals surface area contributed by atoms with E-state index in [4.69, 9.17) is 9.97 Å². The lowest BCUT2D eigenvalue weighted by atomic mass is 10.0. The van der Waals surface area contributed by atoms with Crippen molar-refractivity contribution in [1.82, 2.24) is 19.9 Å². The Labute approximate surface area is 327 Å². The highest BCUT2D eigenvalue weighted by atomic mass is 32.2. The van der Waals surface area contributed by atoms with Crippen molar-refractivity contribution in [2.45, 2.75) is 39.2 Å². The molecule has 0 aliphatic carbocycles. The largest absolute Gasteiger partial charge is 0.265 e. The van der Waals surface area contributed by atoms with Crippen molar-refractivity contribution in [2.24, 2.45) is 0 Å². The zero-order valence-corrected chi connectivity index (χ0v) is 33.0. The van der Waals surface area contributed by atoms with Crippen LogP contribution in [0.3, 0.4) is 0 Å². The zero-order valence-electron chi connectivity index (χ0n) is 30.5. The van der Waals surface area contributed by atoms with Gasteiger partial charge in [-0.25, -0.2) is 9.97 Å². The van der Waals surface area contributed by atoms with Crippen LogP contribution in [0.4, 0.5) is 0 Å². The minimum absolute atomic E-state index is 0.483. The molecule has 0 bridgehead atoms. The molecule has 0 amide bonds. The average Bonchev–Trinajstić information content (AvgIpc) is 3.82. The predicted molar refractivity (Wildman–Crippen MR) is 227 cm³/mol. The second kappa shape index (κ2) is 15.5. The lowest BCUT2D eigenvalue weighted by Gasteiger charge is -2.06. The third-order valence-corrected chi connectivity index (χ3v) is 12.8.